The van der Waals surface area contributed by atoms with E-state index in [1.807, 2.05) is 11.4 Å². The van der Waals surface area contributed by atoms with Crippen LogP contribution in [0.1, 0.15) is 13.8 Å². The molecule has 0 aliphatic carbocycles. The molecule has 0 radical (unpaired) electrons. The summed E-state index contributed by atoms with van der Waals surface area (Å²) in [7, 11) is 0. The Bertz CT molecular complexity index is 612. The molecule has 0 fully saturated rings. The maximum atomic E-state index is 12.1. The fraction of sp³-hybridized carbons (Fsp3) is 0.385. The van der Waals surface area contributed by atoms with Gasteiger partial charge in [-0.2, -0.15) is 0 Å². The molecule has 0 aliphatic heterocycles. The molecular formula is C13H17N3OS. The van der Waals surface area contributed by atoms with Crippen LogP contribution in [0.4, 0.5) is 0 Å². The minimum absolute atomic E-state index is 0.0145. The molecule has 2 aromatic rings. The first-order chi connectivity index (χ1) is 8.58. The van der Waals surface area contributed by atoms with Crippen LogP contribution in [0.25, 0.3) is 10.2 Å². The van der Waals surface area contributed by atoms with Crippen LogP contribution in [-0.4, -0.2) is 22.1 Å². The number of thiophene rings is 1. The molecule has 0 aromatic carbocycles. The van der Waals surface area contributed by atoms with Gasteiger partial charge in [0, 0.05) is 19.1 Å². The predicted octanol–water partition coefficient (Wildman–Crippen LogP) is 2.01. The molecule has 4 nitrogen and oxygen atoms in total. The summed E-state index contributed by atoms with van der Waals surface area (Å²) in [6, 6.07) is 2.28. The maximum absolute atomic E-state index is 12.1. The Balaban J connectivity index is 2.14. The average Bonchev–Trinajstić information content (AvgIpc) is 2.79. The summed E-state index contributed by atoms with van der Waals surface area (Å²) in [4.78, 5) is 16.4. The van der Waals surface area contributed by atoms with E-state index < -0.39 is 0 Å². The molecule has 1 N–H and O–H groups in total. The van der Waals surface area contributed by atoms with E-state index in [4.69, 9.17) is 0 Å². The van der Waals surface area contributed by atoms with Crippen LogP contribution in [0.3, 0.4) is 0 Å². The molecular weight excluding hydrogens is 246 g/mol. The van der Waals surface area contributed by atoms with Crippen molar-refractivity contribution in [2.45, 2.75) is 26.4 Å². The first kappa shape index (κ1) is 13.0. The number of nitrogens with one attached hydrogen (secondary N) is 1. The Hall–Kier alpha value is -1.46. The van der Waals surface area contributed by atoms with Gasteiger partial charge < -0.3 is 5.32 Å². The van der Waals surface area contributed by atoms with Gasteiger partial charge in [-0.05, 0) is 17.0 Å². The van der Waals surface area contributed by atoms with E-state index in [9.17, 15) is 4.79 Å². The van der Waals surface area contributed by atoms with Crippen molar-refractivity contribution in [3.8, 4) is 0 Å². The van der Waals surface area contributed by atoms with Crippen LogP contribution >= 0.6 is 11.3 Å². The van der Waals surface area contributed by atoms with Crippen molar-refractivity contribution in [3.63, 3.8) is 0 Å². The lowest BCUT2D eigenvalue weighted by atomic mass is 10.2. The van der Waals surface area contributed by atoms with Gasteiger partial charge in [0.2, 0.25) is 0 Å². The van der Waals surface area contributed by atoms with Gasteiger partial charge in [0.15, 0.2) is 0 Å². The summed E-state index contributed by atoms with van der Waals surface area (Å²) in [5.74, 6) is 0. The summed E-state index contributed by atoms with van der Waals surface area (Å²) in [6.45, 7) is 9.38. The molecule has 0 bridgehead atoms. The van der Waals surface area contributed by atoms with Crippen molar-refractivity contribution in [3.05, 3.63) is 40.3 Å². The van der Waals surface area contributed by atoms with Gasteiger partial charge in [0.05, 0.1) is 11.8 Å². The Morgan fingerprint density at radius 3 is 3.11 bits per heavy atom. The van der Waals surface area contributed by atoms with Crippen molar-refractivity contribution < 1.29 is 0 Å². The standard InChI is InChI=1S/C13H17N3OS/c1-9(2)14-6-10(3)7-16-8-15-11-4-5-18-12(11)13(16)17/h4-5,8-9,14H,3,6-7H2,1-2H3. The summed E-state index contributed by atoms with van der Waals surface area (Å²) < 4.78 is 2.32. The lowest BCUT2D eigenvalue weighted by Crippen LogP contribution is -2.28. The number of fused-ring (bicyclic) bond motifs is 1. The molecule has 18 heavy (non-hydrogen) atoms. The minimum atomic E-state index is 0.0145. The Morgan fingerprint density at radius 2 is 2.39 bits per heavy atom. The molecule has 2 aromatic heterocycles. The van der Waals surface area contributed by atoms with Gasteiger partial charge in [-0.25, -0.2) is 4.98 Å². The maximum Gasteiger partial charge on any atom is 0.271 e. The molecule has 0 spiro atoms. The zero-order valence-corrected chi connectivity index (χ0v) is 11.5. The van der Waals surface area contributed by atoms with Crippen LogP contribution in [-0.2, 0) is 6.54 Å². The number of hydrogen-bond donors (Lipinski definition) is 1. The van der Waals surface area contributed by atoms with Crippen molar-refractivity contribution in [2.75, 3.05) is 6.54 Å². The molecule has 0 saturated carbocycles. The van der Waals surface area contributed by atoms with E-state index in [2.05, 4.69) is 30.7 Å². The highest BCUT2D eigenvalue weighted by atomic mass is 32.1. The number of hydrogen-bond acceptors (Lipinski definition) is 4. The lowest BCUT2D eigenvalue weighted by Gasteiger charge is -2.11. The lowest BCUT2D eigenvalue weighted by molar-refractivity contribution is 0.599. The van der Waals surface area contributed by atoms with E-state index in [1.165, 1.54) is 11.3 Å². The first-order valence-electron chi connectivity index (χ1n) is 5.90. The molecule has 5 heteroatoms. The van der Waals surface area contributed by atoms with Crippen LogP contribution in [0.15, 0.2) is 34.7 Å². The Morgan fingerprint density at radius 1 is 1.61 bits per heavy atom. The van der Waals surface area contributed by atoms with Gasteiger partial charge >= 0.3 is 0 Å². The van der Waals surface area contributed by atoms with Crippen molar-refractivity contribution in [1.82, 2.24) is 14.9 Å². The van der Waals surface area contributed by atoms with Crippen LogP contribution < -0.4 is 10.9 Å². The second-order valence-corrected chi connectivity index (χ2v) is 5.51. The minimum Gasteiger partial charge on any atom is -0.311 e. The van der Waals surface area contributed by atoms with Crippen LogP contribution in [0, 0.1) is 0 Å². The van der Waals surface area contributed by atoms with Crippen molar-refractivity contribution >= 4 is 21.6 Å². The van der Waals surface area contributed by atoms with Crippen LogP contribution in [0.5, 0.6) is 0 Å². The molecule has 0 atom stereocenters. The van der Waals surface area contributed by atoms with Crippen LogP contribution in [0.2, 0.25) is 0 Å². The summed E-state index contributed by atoms with van der Waals surface area (Å²) in [5, 5.41) is 5.17. The highest BCUT2D eigenvalue weighted by Gasteiger charge is 2.06. The summed E-state index contributed by atoms with van der Waals surface area (Å²) in [6.07, 6.45) is 1.60. The number of aromatic nitrogens is 2. The van der Waals surface area contributed by atoms with Gasteiger partial charge in [0.1, 0.15) is 4.70 Å². The monoisotopic (exact) mass is 263 g/mol. The Labute approximate surface area is 110 Å². The number of rotatable bonds is 5. The normalized spacial score (nSPS) is 11.3. The number of nitrogens with zero attached hydrogens (tertiary/aromatic N) is 2. The van der Waals surface area contributed by atoms with Gasteiger partial charge in [-0.15, -0.1) is 11.3 Å². The highest BCUT2D eigenvalue weighted by molar-refractivity contribution is 7.17. The quantitative estimate of drug-likeness (QED) is 0.839. The van der Waals surface area contributed by atoms with E-state index in [1.54, 1.807) is 10.9 Å². The van der Waals surface area contributed by atoms with E-state index in [0.717, 1.165) is 11.1 Å². The predicted molar refractivity (Wildman–Crippen MR) is 76.2 cm³/mol. The average molecular weight is 263 g/mol. The van der Waals surface area contributed by atoms with E-state index >= 15 is 0 Å². The zero-order valence-electron chi connectivity index (χ0n) is 10.6. The molecule has 0 unspecified atom stereocenters. The Kier molecular flexibility index (Phi) is 3.93. The molecule has 0 amide bonds. The fourth-order valence-electron chi connectivity index (χ4n) is 1.64. The molecule has 2 heterocycles. The third kappa shape index (κ3) is 2.86. The highest BCUT2D eigenvalue weighted by Crippen LogP contribution is 2.13. The van der Waals surface area contributed by atoms with Gasteiger partial charge in [0.25, 0.3) is 5.56 Å². The summed E-state index contributed by atoms with van der Waals surface area (Å²) >= 11 is 1.43. The van der Waals surface area contributed by atoms with E-state index in [-0.39, 0.29) is 5.56 Å². The van der Waals surface area contributed by atoms with Gasteiger partial charge in [-0.3, -0.25) is 9.36 Å². The fourth-order valence-corrected chi connectivity index (χ4v) is 2.43. The smallest absolute Gasteiger partial charge is 0.271 e. The molecule has 96 valence electrons. The van der Waals surface area contributed by atoms with E-state index in [0.29, 0.717) is 23.8 Å². The topological polar surface area (TPSA) is 46.9 Å². The zero-order chi connectivity index (χ0) is 13.1. The third-order valence-electron chi connectivity index (χ3n) is 2.59. The second kappa shape index (κ2) is 5.46. The van der Waals surface area contributed by atoms with Crippen molar-refractivity contribution in [2.24, 2.45) is 0 Å². The first-order valence-corrected chi connectivity index (χ1v) is 6.78. The second-order valence-electron chi connectivity index (χ2n) is 4.60. The molecule has 0 saturated heterocycles. The SMILES string of the molecule is C=C(CNC(C)C)Cn1cnc2ccsc2c1=O. The largest absolute Gasteiger partial charge is 0.311 e. The third-order valence-corrected chi connectivity index (χ3v) is 3.48. The van der Waals surface area contributed by atoms with Gasteiger partial charge in [-0.1, -0.05) is 20.4 Å². The molecule has 0 aliphatic rings. The van der Waals surface area contributed by atoms with Crippen molar-refractivity contribution in [1.29, 1.82) is 0 Å². The summed E-state index contributed by atoms with van der Waals surface area (Å²) in [5.41, 5.74) is 1.76. The molecule has 2 rings (SSSR count).